The van der Waals surface area contributed by atoms with Crippen LogP contribution in [0.2, 0.25) is 0 Å². The molecule has 0 fully saturated rings. The van der Waals surface area contributed by atoms with E-state index in [4.69, 9.17) is 5.73 Å². The molecule has 1 aromatic rings. The molecular formula is C14H21NOS. The van der Waals surface area contributed by atoms with Crippen LogP contribution in [0.4, 0.5) is 0 Å². The maximum atomic E-state index is 12.0. The number of benzene rings is 1. The molecule has 0 spiro atoms. The number of nitrogens with two attached hydrogens (primary N) is 1. The highest BCUT2D eigenvalue weighted by molar-refractivity contribution is 7.91. The molecule has 0 radical (unpaired) electrons. The van der Waals surface area contributed by atoms with Crippen molar-refractivity contribution < 1.29 is 4.55 Å². The molecule has 0 aliphatic rings. The quantitative estimate of drug-likeness (QED) is 0.790. The van der Waals surface area contributed by atoms with Crippen molar-refractivity contribution in [2.45, 2.75) is 31.6 Å². The normalized spacial score (nSPS) is 13.8. The van der Waals surface area contributed by atoms with Gasteiger partial charge in [-0.3, -0.25) is 0 Å². The summed E-state index contributed by atoms with van der Waals surface area (Å²) in [6.45, 7) is 4.68. The van der Waals surface area contributed by atoms with Crippen LogP contribution in [-0.2, 0) is 11.2 Å². The van der Waals surface area contributed by atoms with Crippen LogP contribution < -0.4 is 5.73 Å². The third-order valence-electron chi connectivity index (χ3n) is 2.66. The van der Waals surface area contributed by atoms with E-state index in [1.807, 2.05) is 37.3 Å². The van der Waals surface area contributed by atoms with E-state index in [0.717, 1.165) is 34.6 Å². The summed E-state index contributed by atoms with van der Waals surface area (Å²) in [5, 5.41) is 0. The van der Waals surface area contributed by atoms with Crippen molar-refractivity contribution in [3.8, 4) is 0 Å². The van der Waals surface area contributed by atoms with E-state index in [9.17, 15) is 4.55 Å². The molecule has 0 bridgehead atoms. The van der Waals surface area contributed by atoms with E-state index in [-0.39, 0.29) is 0 Å². The molecule has 2 nitrogen and oxygen atoms in total. The fourth-order valence-electron chi connectivity index (χ4n) is 1.57. The molecule has 3 heteroatoms. The van der Waals surface area contributed by atoms with Crippen molar-refractivity contribution in [3.63, 3.8) is 0 Å². The Morgan fingerprint density at radius 1 is 1.47 bits per heavy atom. The van der Waals surface area contributed by atoms with Crippen molar-refractivity contribution in [1.29, 1.82) is 0 Å². The first-order valence-electron chi connectivity index (χ1n) is 6.04. The van der Waals surface area contributed by atoms with Gasteiger partial charge in [0.1, 0.15) is 5.75 Å². The molecule has 1 aromatic carbocycles. The largest absolute Gasteiger partial charge is 0.611 e. The summed E-state index contributed by atoms with van der Waals surface area (Å²) in [5.41, 5.74) is 7.74. The van der Waals surface area contributed by atoms with Gasteiger partial charge in [0.2, 0.25) is 0 Å². The third kappa shape index (κ3) is 4.54. The second kappa shape index (κ2) is 7.54. The molecule has 0 aliphatic carbocycles. The smallest absolute Gasteiger partial charge is 0.153 e. The van der Waals surface area contributed by atoms with Crippen molar-refractivity contribution >= 4 is 16.7 Å². The Hall–Kier alpha value is -0.770. The molecule has 0 aromatic heterocycles. The summed E-state index contributed by atoms with van der Waals surface area (Å²) in [6.07, 6.45) is 4.07. The van der Waals surface area contributed by atoms with Gasteiger partial charge >= 0.3 is 0 Å². The maximum absolute atomic E-state index is 12.0. The van der Waals surface area contributed by atoms with Gasteiger partial charge in [-0.15, -0.1) is 0 Å². The number of hydrogen-bond acceptors (Lipinski definition) is 2. The molecule has 1 unspecified atom stereocenters. The second-order valence-corrected chi connectivity index (χ2v) is 5.62. The molecule has 1 atom stereocenters. The van der Waals surface area contributed by atoms with Crippen LogP contribution in [0.25, 0.3) is 5.57 Å². The van der Waals surface area contributed by atoms with E-state index in [1.54, 1.807) is 0 Å². The molecule has 0 saturated heterocycles. The first kappa shape index (κ1) is 14.3. The molecule has 0 amide bonds. The summed E-state index contributed by atoms with van der Waals surface area (Å²) in [5.74, 6) is 0.750. The van der Waals surface area contributed by atoms with E-state index in [0.29, 0.717) is 6.54 Å². The van der Waals surface area contributed by atoms with Crippen LogP contribution in [0.3, 0.4) is 0 Å². The molecular weight excluding hydrogens is 230 g/mol. The van der Waals surface area contributed by atoms with Crippen molar-refractivity contribution in [3.05, 3.63) is 35.9 Å². The van der Waals surface area contributed by atoms with Crippen LogP contribution in [0.5, 0.6) is 0 Å². The van der Waals surface area contributed by atoms with Crippen LogP contribution in [0.1, 0.15) is 32.3 Å². The minimum atomic E-state index is -0.873. The highest BCUT2D eigenvalue weighted by Crippen LogP contribution is 2.19. The predicted octanol–water partition coefficient (Wildman–Crippen LogP) is 2.96. The second-order valence-electron chi connectivity index (χ2n) is 4.05. The van der Waals surface area contributed by atoms with Gasteiger partial charge in [0.25, 0.3) is 0 Å². The average molecular weight is 251 g/mol. The predicted molar refractivity (Wildman–Crippen MR) is 75.3 cm³/mol. The van der Waals surface area contributed by atoms with Crippen molar-refractivity contribution in [1.82, 2.24) is 0 Å². The molecule has 0 aliphatic heterocycles. The van der Waals surface area contributed by atoms with Gasteiger partial charge in [-0.2, -0.15) is 0 Å². The summed E-state index contributed by atoms with van der Waals surface area (Å²) in [6, 6.07) is 7.93. The van der Waals surface area contributed by atoms with Gasteiger partial charge in [0.15, 0.2) is 4.90 Å². The Bertz CT molecular complexity index is 376. The highest BCUT2D eigenvalue weighted by Gasteiger charge is 2.10. The Kier molecular flexibility index (Phi) is 6.34. The van der Waals surface area contributed by atoms with Crippen LogP contribution in [-0.4, -0.2) is 16.9 Å². The van der Waals surface area contributed by atoms with Crippen LogP contribution >= 0.6 is 0 Å². The van der Waals surface area contributed by atoms with E-state index in [1.165, 1.54) is 0 Å². The number of rotatable bonds is 6. The zero-order valence-corrected chi connectivity index (χ0v) is 11.4. The molecule has 0 saturated carbocycles. The Labute approximate surface area is 107 Å². The molecule has 1 rings (SSSR count). The zero-order valence-electron chi connectivity index (χ0n) is 10.6. The minimum absolute atomic E-state index is 0.537. The highest BCUT2D eigenvalue weighted by atomic mass is 32.2. The fourth-order valence-corrected chi connectivity index (χ4v) is 2.85. The topological polar surface area (TPSA) is 49.1 Å². The van der Waals surface area contributed by atoms with Crippen molar-refractivity contribution in [2.75, 3.05) is 12.3 Å². The van der Waals surface area contributed by atoms with Crippen molar-refractivity contribution in [2.24, 2.45) is 5.73 Å². The first-order chi connectivity index (χ1) is 8.19. The lowest BCUT2D eigenvalue weighted by Gasteiger charge is -2.11. The molecule has 0 heterocycles. The van der Waals surface area contributed by atoms with Gasteiger partial charge in [0.05, 0.1) is 0 Å². The maximum Gasteiger partial charge on any atom is 0.153 e. The lowest BCUT2D eigenvalue weighted by atomic mass is 10.1. The zero-order chi connectivity index (χ0) is 12.7. The fraction of sp³-hybridized carbons (Fsp3) is 0.429. The third-order valence-corrected chi connectivity index (χ3v) is 4.10. The Balaban J connectivity index is 2.81. The lowest BCUT2D eigenvalue weighted by Crippen LogP contribution is -2.06. The van der Waals surface area contributed by atoms with Gasteiger partial charge in [0, 0.05) is 12.6 Å². The van der Waals surface area contributed by atoms with Crippen LogP contribution in [0.15, 0.2) is 35.2 Å². The van der Waals surface area contributed by atoms with Gasteiger partial charge in [-0.05, 0) is 41.7 Å². The molecule has 17 heavy (non-hydrogen) atoms. The Morgan fingerprint density at radius 2 is 2.24 bits per heavy atom. The standard InChI is InChI=1S/C14H21NOS/c1-3-4-10-17(16)14-7-5-6-13(11-14)12(2)8-9-15/h5-8,11H,3-4,9-10,15H2,1-2H3/b12-8+. The van der Waals surface area contributed by atoms with Gasteiger partial charge < -0.3 is 10.3 Å². The van der Waals surface area contributed by atoms with E-state index < -0.39 is 11.2 Å². The summed E-state index contributed by atoms with van der Waals surface area (Å²) in [4.78, 5) is 0.917. The Morgan fingerprint density at radius 3 is 2.88 bits per heavy atom. The summed E-state index contributed by atoms with van der Waals surface area (Å²) >= 11 is -0.873. The van der Waals surface area contributed by atoms with E-state index >= 15 is 0 Å². The van der Waals surface area contributed by atoms with Gasteiger partial charge in [-0.25, -0.2) is 0 Å². The number of unbranched alkanes of at least 4 members (excludes halogenated alkanes) is 1. The van der Waals surface area contributed by atoms with Gasteiger partial charge in [-0.1, -0.05) is 31.6 Å². The summed E-state index contributed by atoms with van der Waals surface area (Å²) in [7, 11) is 0. The summed E-state index contributed by atoms with van der Waals surface area (Å²) < 4.78 is 12.0. The lowest BCUT2D eigenvalue weighted by molar-refractivity contribution is 0.591. The number of hydrogen-bond donors (Lipinski definition) is 1. The number of allylic oxidation sites excluding steroid dienone is 1. The van der Waals surface area contributed by atoms with E-state index in [2.05, 4.69) is 6.92 Å². The SMILES string of the molecule is CCCC[S+]([O-])c1cccc(/C(C)=C/CN)c1. The van der Waals surface area contributed by atoms with Crippen LogP contribution in [0, 0.1) is 0 Å². The monoisotopic (exact) mass is 251 g/mol. The molecule has 2 N–H and O–H groups in total. The molecule has 94 valence electrons. The first-order valence-corrected chi connectivity index (χ1v) is 7.36. The average Bonchev–Trinajstić information content (AvgIpc) is 2.36. The minimum Gasteiger partial charge on any atom is -0.611 e.